The minimum Gasteiger partial charge on any atom is -0.493 e. The Bertz CT molecular complexity index is 1360. The van der Waals surface area contributed by atoms with Crippen LogP contribution in [0.3, 0.4) is 0 Å². The van der Waals surface area contributed by atoms with Crippen molar-refractivity contribution in [3.63, 3.8) is 0 Å². The maximum absolute atomic E-state index is 12.8. The Labute approximate surface area is 206 Å². The molecular formula is C26H28F2N4O4. The third-order valence-electron chi connectivity index (χ3n) is 6.02. The number of hydrogen-bond donors (Lipinski definition) is 2. The molecule has 4 rings (SSSR count). The van der Waals surface area contributed by atoms with E-state index in [4.69, 9.17) is 4.74 Å². The number of nitrogens with zero attached hydrogens (tertiary/aromatic N) is 3. The summed E-state index contributed by atoms with van der Waals surface area (Å²) in [5.74, 6) is 0.395. The van der Waals surface area contributed by atoms with Gasteiger partial charge in [-0.3, -0.25) is 4.79 Å². The molecule has 2 aromatic carbocycles. The van der Waals surface area contributed by atoms with Crippen LogP contribution >= 0.6 is 0 Å². The molecule has 0 saturated heterocycles. The summed E-state index contributed by atoms with van der Waals surface area (Å²) >= 11 is 0. The van der Waals surface area contributed by atoms with E-state index in [0.717, 1.165) is 12.8 Å². The summed E-state index contributed by atoms with van der Waals surface area (Å²) in [6, 6.07) is 14.4. The molecule has 2 heterocycles. The first-order valence-corrected chi connectivity index (χ1v) is 11.6. The minimum absolute atomic E-state index is 0.106. The lowest BCUT2D eigenvalue weighted by Crippen LogP contribution is -2.22. The SMILES string of the molecule is COc1ccc(Cc2nc3c(ncn3C(CCCc3ccccc3)C(C)O)c(=O)[nH]2)cc1OC(F)F. The molecule has 0 aliphatic carbocycles. The number of ether oxygens (including phenoxy) is 2. The van der Waals surface area contributed by atoms with Gasteiger partial charge in [-0.05, 0) is 49.4 Å². The second-order valence-corrected chi connectivity index (χ2v) is 8.56. The number of hydrogen-bond acceptors (Lipinski definition) is 6. The fraction of sp³-hybridized carbons (Fsp3) is 0.346. The third-order valence-corrected chi connectivity index (χ3v) is 6.02. The number of aryl methyl sites for hydroxylation is 1. The summed E-state index contributed by atoms with van der Waals surface area (Å²) in [6.07, 6.45) is 3.34. The van der Waals surface area contributed by atoms with Gasteiger partial charge in [-0.15, -0.1) is 0 Å². The van der Waals surface area contributed by atoms with E-state index in [0.29, 0.717) is 23.5 Å². The molecule has 36 heavy (non-hydrogen) atoms. The van der Waals surface area contributed by atoms with Crippen molar-refractivity contribution < 1.29 is 23.4 Å². The number of aliphatic hydroxyl groups excluding tert-OH is 1. The van der Waals surface area contributed by atoms with Crippen LogP contribution in [0.5, 0.6) is 11.5 Å². The summed E-state index contributed by atoms with van der Waals surface area (Å²) < 4.78 is 36.9. The van der Waals surface area contributed by atoms with Gasteiger partial charge in [0, 0.05) is 6.42 Å². The number of alkyl halides is 2. The Balaban J connectivity index is 1.60. The summed E-state index contributed by atoms with van der Waals surface area (Å²) in [4.78, 5) is 24.3. The number of aromatic amines is 1. The molecule has 0 radical (unpaired) electrons. The average Bonchev–Trinajstić information content (AvgIpc) is 3.26. The summed E-state index contributed by atoms with van der Waals surface area (Å²) in [7, 11) is 1.36. The van der Waals surface area contributed by atoms with E-state index in [9.17, 15) is 18.7 Å². The number of H-pyrrole nitrogens is 1. The Hall–Kier alpha value is -3.79. The first kappa shape index (κ1) is 25.3. The van der Waals surface area contributed by atoms with Crippen LogP contribution in [0.4, 0.5) is 8.78 Å². The lowest BCUT2D eigenvalue weighted by atomic mass is 10.0. The molecule has 190 valence electrons. The van der Waals surface area contributed by atoms with E-state index in [1.807, 2.05) is 18.2 Å². The van der Waals surface area contributed by atoms with Gasteiger partial charge in [0.25, 0.3) is 5.56 Å². The highest BCUT2D eigenvalue weighted by atomic mass is 19.3. The number of imidazole rings is 1. The third kappa shape index (κ3) is 5.88. The average molecular weight is 499 g/mol. The second kappa shape index (κ2) is 11.3. The largest absolute Gasteiger partial charge is 0.493 e. The van der Waals surface area contributed by atoms with E-state index in [1.54, 1.807) is 17.6 Å². The van der Waals surface area contributed by atoms with Crippen LogP contribution in [-0.2, 0) is 12.8 Å². The zero-order chi connectivity index (χ0) is 25.7. The molecule has 4 aromatic rings. The van der Waals surface area contributed by atoms with Gasteiger partial charge in [0.1, 0.15) is 5.82 Å². The van der Waals surface area contributed by atoms with E-state index in [1.165, 1.54) is 31.1 Å². The van der Waals surface area contributed by atoms with E-state index in [-0.39, 0.29) is 29.5 Å². The predicted molar refractivity (Wildman–Crippen MR) is 131 cm³/mol. The molecule has 0 aliphatic heterocycles. The fourth-order valence-corrected chi connectivity index (χ4v) is 4.28. The number of halogens is 2. The van der Waals surface area contributed by atoms with Gasteiger partial charge in [-0.25, -0.2) is 9.97 Å². The molecule has 0 fully saturated rings. The fourth-order valence-electron chi connectivity index (χ4n) is 4.28. The van der Waals surface area contributed by atoms with Gasteiger partial charge in [-0.1, -0.05) is 36.4 Å². The second-order valence-electron chi connectivity index (χ2n) is 8.56. The van der Waals surface area contributed by atoms with Crippen molar-refractivity contribution in [1.29, 1.82) is 0 Å². The summed E-state index contributed by atoms with van der Waals surface area (Å²) in [5.41, 5.74) is 1.92. The van der Waals surface area contributed by atoms with Gasteiger partial charge in [0.15, 0.2) is 22.7 Å². The topological polar surface area (TPSA) is 102 Å². The molecule has 0 spiro atoms. The van der Waals surface area contributed by atoms with Crippen LogP contribution in [0, 0.1) is 0 Å². The van der Waals surface area contributed by atoms with Crippen molar-refractivity contribution in [3.05, 3.63) is 82.2 Å². The minimum atomic E-state index is -3.00. The molecule has 10 heteroatoms. The first-order valence-electron chi connectivity index (χ1n) is 11.6. The van der Waals surface area contributed by atoms with Gasteiger partial charge in [0.2, 0.25) is 0 Å². The normalized spacial score (nSPS) is 13.2. The molecule has 2 N–H and O–H groups in total. The number of methoxy groups -OCH3 is 1. The number of nitrogens with one attached hydrogen (secondary N) is 1. The highest BCUT2D eigenvalue weighted by Gasteiger charge is 2.22. The predicted octanol–water partition coefficient (Wildman–Crippen LogP) is 4.27. The van der Waals surface area contributed by atoms with Crippen LogP contribution in [-0.4, -0.2) is 44.5 Å². The van der Waals surface area contributed by atoms with Crippen LogP contribution in [0.15, 0.2) is 59.7 Å². The quantitative estimate of drug-likeness (QED) is 0.320. The summed E-state index contributed by atoms with van der Waals surface area (Å²) in [5, 5.41) is 10.5. The van der Waals surface area contributed by atoms with Crippen molar-refractivity contribution in [3.8, 4) is 11.5 Å². The van der Waals surface area contributed by atoms with Crippen LogP contribution in [0.25, 0.3) is 11.2 Å². The smallest absolute Gasteiger partial charge is 0.387 e. The Morgan fingerprint density at radius 1 is 1.11 bits per heavy atom. The van der Waals surface area contributed by atoms with Crippen LogP contribution < -0.4 is 15.0 Å². The van der Waals surface area contributed by atoms with Crippen molar-refractivity contribution in [2.24, 2.45) is 0 Å². The number of benzene rings is 2. The maximum atomic E-state index is 12.8. The van der Waals surface area contributed by atoms with Gasteiger partial charge < -0.3 is 24.1 Å². The lowest BCUT2D eigenvalue weighted by molar-refractivity contribution is -0.0512. The van der Waals surface area contributed by atoms with Crippen molar-refractivity contribution in [2.75, 3.05) is 7.11 Å². The van der Waals surface area contributed by atoms with E-state index in [2.05, 4.69) is 31.8 Å². The maximum Gasteiger partial charge on any atom is 0.387 e. The number of fused-ring (bicyclic) bond motifs is 1. The lowest BCUT2D eigenvalue weighted by Gasteiger charge is -2.22. The van der Waals surface area contributed by atoms with Crippen molar-refractivity contribution >= 4 is 11.2 Å². The monoisotopic (exact) mass is 498 g/mol. The highest BCUT2D eigenvalue weighted by molar-refractivity contribution is 5.69. The Kier molecular flexibility index (Phi) is 7.94. The zero-order valence-electron chi connectivity index (χ0n) is 20.0. The molecule has 8 nitrogen and oxygen atoms in total. The van der Waals surface area contributed by atoms with Crippen LogP contribution in [0.2, 0.25) is 0 Å². The van der Waals surface area contributed by atoms with E-state index < -0.39 is 18.3 Å². The molecule has 0 saturated carbocycles. The molecule has 2 aromatic heterocycles. The van der Waals surface area contributed by atoms with Crippen molar-refractivity contribution in [2.45, 2.75) is 51.4 Å². The Morgan fingerprint density at radius 2 is 1.89 bits per heavy atom. The molecule has 0 bridgehead atoms. The summed E-state index contributed by atoms with van der Waals surface area (Å²) in [6.45, 7) is -1.30. The number of aliphatic hydroxyl groups is 1. The van der Waals surface area contributed by atoms with Crippen LogP contribution in [0.1, 0.15) is 42.8 Å². The molecule has 0 amide bonds. The molecule has 2 unspecified atom stereocenters. The first-order chi connectivity index (χ1) is 17.4. The number of aromatic nitrogens is 4. The van der Waals surface area contributed by atoms with Gasteiger partial charge in [-0.2, -0.15) is 8.78 Å². The zero-order valence-corrected chi connectivity index (χ0v) is 20.0. The standard InChI is InChI=1S/C26H28F2N4O4/c1-16(33)19(10-6-9-17-7-4-3-5-8-17)32-15-29-23-24(32)30-22(31-25(23)34)14-18-11-12-20(35-2)21(13-18)36-26(27)28/h3-5,7-8,11-13,15-16,19,26,33H,6,9-10,14H2,1-2H3,(H,30,31,34). The van der Waals surface area contributed by atoms with Crippen molar-refractivity contribution in [1.82, 2.24) is 19.5 Å². The Morgan fingerprint density at radius 3 is 2.58 bits per heavy atom. The van der Waals surface area contributed by atoms with Gasteiger partial charge in [0.05, 0.1) is 25.6 Å². The molecule has 2 atom stereocenters. The van der Waals surface area contributed by atoms with Gasteiger partial charge >= 0.3 is 6.61 Å². The molecular weight excluding hydrogens is 470 g/mol. The number of rotatable bonds is 11. The highest BCUT2D eigenvalue weighted by Crippen LogP contribution is 2.30. The van der Waals surface area contributed by atoms with E-state index >= 15 is 0 Å². The molecule has 0 aliphatic rings.